The van der Waals surface area contributed by atoms with E-state index in [1.54, 1.807) is 31.4 Å². The zero-order valence-electron chi connectivity index (χ0n) is 13.8. The van der Waals surface area contributed by atoms with Gasteiger partial charge >= 0.3 is 5.97 Å². The highest BCUT2D eigenvalue weighted by Gasteiger charge is 2.37. The van der Waals surface area contributed by atoms with Gasteiger partial charge in [-0.25, -0.2) is 4.79 Å². The number of ether oxygens (including phenoxy) is 1. The van der Waals surface area contributed by atoms with Crippen molar-refractivity contribution in [1.29, 1.82) is 0 Å². The summed E-state index contributed by atoms with van der Waals surface area (Å²) in [5, 5.41) is 0. The largest absolute Gasteiger partial charge is 0.497 e. The van der Waals surface area contributed by atoms with Crippen LogP contribution >= 0.6 is 0 Å². The lowest BCUT2D eigenvalue weighted by Crippen LogP contribution is -2.31. The zero-order chi connectivity index (χ0) is 16.2. The number of benzene rings is 1. The Morgan fingerprint density at radius 3 is 2.41 bits per heavy atom. The van der Waals surface area contributed by atoms with Crippen LogP contribution in [0.15, 0.2) is 24.3 Å². The molecule has 22 heavy (non-hydrogen) atoms. The zero-order valence-corrected chi connectivity index (χ0v) is 13.8. The molecular formula is C18H25O4. The van der Waals surface area contributed by atoms with Gasteiger partial charge in [-0.15, -0.1) is 0 Å². The van der Waals surface area contributed by atoms with Crippen LogP contribution in [0.3, 0.4) is 0 Å². The predicted octanol–water partition coefficient (Wildman–Crippen LogP) is 4.55. The molecule has 1 fully saturated rings. The molecule has 4 nitrogen and oxygen atoms in total. The van der Waals surface area contributed by atoms with E-state index in [2.05, 4.69) is 20.8 Å². The second kappa shape index (κ2) is 7.14. The minimum Gasteiger partial charge on any atom is -0.497 e. The van der Waals surface area contributed by atoms with E-state index in [4.69, 9.17) is 14.5 Å². The second-order valence-corrected chi connectivity index (χ2v) is 6.81. The summed E-state index contributed by atoms with van der Waals surface area (Å²) in [6.07, 6.45) is 5.11. The van der Waals surface area contributed by atoms with Gasteiger partial charge in [-0.3, -0.25) is 4.89 Å². The molecule has 2 rings (SSSR count). The maximum atomic E-state index is 12.0. The van der Waals surface area contributed by atoms with Crippen molar-refractivity contribution >= 4 is 5.97 Å². The van der Waals surface area contributed by atoms with Gasteiger partial charge in [0.2, 0.25) is 0 Å². The number of methoxy groups -OCH3 is 1. The van der Waals surface area contributed by atoms with Crippen molar-refractivity contribution in [2.45, 2.75) is 46.5 Å². The molecule has 1 aromatic carbocycles. The molecule has 1 unspecified atom stereocenters. The van der Waals surface area contributed by atoms with Gasteiger partial charge in [0.15, 0.2) is 6.10 Å². The van der Waals surface area contributed by atoms with E-state index in [-0.39, 0.29) is 5.41 Å². The molecule has 1 atom stereocenters. The normalized spacial score (nSPS) is 19.7. The fourth-order valence-electron chi connectivity index (χ4n) is 2.87. The van der Waals surface area contributed by atoms with E-state index in [9.17, 15) is 4.79 Å². The minimum atomic E-state index is -0.478. The fourth-order valence-corrected chi connectivity index (χ4v) is 2.87. The van der Waals surface area contributed by atoms with Crippen molar-refractivity contribution in [2.24, 2.45) is 11.3 Å². The molecule has 0 saturated heterocycles. The van der Waals surface area contributed by atoms with E-state index in [1.807, 2.05) is 0 Å². The molecule has 0 bridgehead atoms. The third kappa shape index (κ3) is 4.23. The van der Waals surface area contributed by atoms with E-state index >= 15 is 0 Å². The molecule has 1 radical (unpaired) electrons. The average molecular weight is 305 g/mol. The third-order valence-electron chi connectivity index (χ3n) is 4.15. The van der Waals surface area contributed by atoms with Crippen molar-refractivity contribution in [3.63, 3.8) is 0 Å². The Labute approximate surface area is 132 Å². The molecule has 0 heterocycles. The number of rotatable bonds is 4. The molecule has 0 spiro atoms. The van der Waals surface area contributed by atoms with Gasteiger partial charge < -0.3 is 4.74 Å². The summed E-state index contributed by atoms with van der Waals surface area (Å²) in [4.78, 5) is 22.5. The van der Waals surface area contributed by atoms with Gasteiger partial charge in [-0.05, 0) is 42.5 Å². The summed E-state index contributed by atoms with van der Waals surface area (Å²) in [6, 6.07) is 6.78. The molecular weight excluding hydrogens is 280 g/mol. The van der Waals surface area contributed by atoms with Crippen molar-refractivity contribution in [2.75, 3.05) is 7.11 Å². The lowest BCUT2D eigenvalue weighted by molar-refractivity contribution is -0.252. The summed E-state index contributed by atoms with van der Waals surface area (Å²) in [5.41, 5.74) is 0.562. The maximum absolute atomic E-state index is 12.0. The summed E-state index contributed by atoms with van der Waals surface area (Å²) in [5.74, 6) is 0.547. The van der Waals surface area contributed by atoms with E-state index in [0.29, 0.717) is 17.2 Å². The quantitative estimate of drug-likeness (QED) is 0.604. The van der Waals surface area contributed by atoms with Gasteiger partial charge in [0.25, 0.3) is 0 Å². The van der Waals surface area contributed by atoms with Gasteiger partial charge in [-0.1, -0.05) is 33.6 Å². The SMILES string of the molecule is COc1ccc(C(=O)OO[C]2CCCCC2C(C)(C)C)cc1. The molecule has 0 aromatic heterocycles. The Morgan fingerprint density at radius 1 is 1.14 bits per heavy atom. The first-order valence-corrected chi connectivity index (χ1v) is 7.80. The van der Waals surface area contributed by atoms with E-state index in [0.717, 1.165) is 25.4 Å². The summed E-state index contributed by atoms with van der Waals surface area (Å²) >= 11 is 0. The molecule has 121 valence electrons. The summed E-state index contributed by atoms with van der Waals surface area (Å²) in [7, 11) is 1.59. The third-order valence-corrected chi connectivity index (χ3v) is 4.15. The Bertz CT molecular complexity index is 487. The van der Waals surface area contributed by atoms with Gasteiger partial charge in [0.1, 0.15) is 5.75 Å². The topological polar surface area (TPSA) is 44.8 Å². The van der Waals surface area contributed by atoms with Crippen LogP contribution in [0.5, 0.6) is 5.75 Å². The number of hydrogen-bond acceptors (Lipinski definition) is 4. The fraction of sp³-hybridized carbons (Fsp3) is 0.556. The van der Waals surface area contributed by atoms with Crippen LogP contribution in [0.2, 0.25) is 0 Å². The van der Waals surface area contributed by atoms with Crippen LogP contribution in [-0.2, 0) is 9.78 Å². The first-order chi connectivity index (χ1) is 10.4. The van der Waals surface area contributed by atoms with E-state index in [1.165, 1.54) is 6.42 Å². The molecule has 1 aliphatic carbocycles. The molecule has 1 aliphatic rings. The first-order valence-electron chi connectivity index (χ1n) is 7.80. The van der Waals surface area contributed by atoms with Crippen LogP contribution in [0.25, 0.3) is 0 Å². The Balaban J connectivity index is 1.93. The van der Waals surface area contributed by atoms with Crippen molar-refractivity contribution < 1.29 is 19.3 Å². The summed E-state index contributed by atoms with van der Waals surface area (Å²) in [6.45, 7) is 6.58. The molecule has 4 heteroatoms. The van der Waals surface area contributed by atoms with Crippen molar-refractivity contribution in [3.05, 3.63) is 35.9 Å². The van der Waals surface area contributed by atoms with Crippen LogP contribution in [0.1, 0.15) is 56.8 Å². The van der Waals surface area contributed by atoms with Crippen molar-refractivity contribution in [1.82, 2.24) is 0 Å². The molecule has 0 aliphatic heterocycles. The van der Waals surface area contributed by atoms with Gasteiger partial charge in [0.05, 0.1) is 12.7 Å². The van der Waals surface area contributed by atoms with Crippen LogP contribution in [0, 0.1) is 17.4 Å². The van der Waals surface area contributed by atoms with E-state index < -0.39 is 5.97 Å². The Kier molecular flexibility index (Phi) is 5.46. The summed E-state index contributed by atoms with van der Waals surface area (Å²) < 4.78 is 5.07. The Morgan fingerprint density at radius 2 is 1.82 bits per heavy atom. The standard InChI is InChI=1S/C18H25O4/c1-18(2,3)15-7-5-6-8-16(15)21-22-17(19)13-9-11-14(20-4)12-10-13/h9-12,15H,5-8H2,1-4H3. The lowest BCUT2D eigenvalue weighted by atomic mass is 9.71. The Hall–Kier alpha value is -1.55. The average Bonchev–Trinajstić information content (AvgIpc) is 2.52. The molecule has 1 saturated carbocycles. The van der Waals surface area contributed by atoms with Gasteiger partial charge in [0, 0.05) is 5.92 Å². The molecule has 0 N–H and O–H groups in total. The van der Waals surface area contributed by atoms with Crippen LogP contribution in [0.4, 0.5) is 0 Å². The highest BCUT2D eigenvalue weighted by molar-refractivity contribution is 5.89. The number of hydrogen-bond donors (Lipinski definition) is 0. The lowest BCUT2D eigenvalue weighted by Gasteiger charge is -2.37. The number of carbonyl (C=O) groups excluding carboxylic acids is 1. The monoisotopic (exact) mass is 305 g/mol. The van der Waals surface area contributed by atoms with Gasteiger partial charge in [-0.2, -0.15) is 4.89 Å². The highest BCUT2D eigenvalue weighted by Crippen LogP contribution is 2.43. The van der Waals surface area contributed by atoms with Crippen LogP contribution in [-0.4, -0.2) is 13.1 Å². The van der Waals surface area contributed by atoms with Crippen molar-refractivity contribution in [3.8, 4) is 5.75 Å². The predicted molar refractivity (Wildman–Crippen MR) is 84.2 cm³/mol. The highest BCUT2D eigenvalue weighted by atomic mass is 17.2. The second-order valence-electron chi connectivity index (χ2n) is 6.81. The first kappa shape index (κ1) is 16.8. The smallest absolute Gasteiger partial charge is 0.373 e. The van der Waals surface area contributed by atoms with Crippen LogP contribution < -0.4 is 4.74 Å². The minimum absolute atomic E-state index is 0.113. The maximum Gasteiger partial charge on any atom is 0.373 e. The molecule has 0 amide bonds. The molecule has 1 aromatic rings. The number of carbonyl (C=O) groups is 1.